The number of rotatable bonds is 6. The van der Waals surface area contributed by atoms with Crippen molar-refractivity contribution in [1.82, 2.24) is 4.90 Å². The fourth-order valence-electron chi connectivity index (χ4n) is 2.58. The summed E-state index contributed by atoms with van der Waals surface area (Å²) in [6.45, 7) is 2.42. The highest BCUT2D eigenvalue weighted by molar-refractivity contribution is 9.10. The Bertz CT molecular complexity index is 1080. The number of hydrogen-bond acceptors (Lipinski definition) is 4. The molecule has 0 aliphatic rings. The lowest BCUT2D eigenvalue weighted by molar-refractivity contribution is 0.0786. The van der Waals surface area contributed by atoms with Gasteiger partial charge in [-0.3, -0.25) is 9.52 Å². The van der Waals surface area contributed by atoms with Crippen LogP contribution in [0.3, 0.4) is 0 Å². The van der Waals surface area contributed by atoms with Crippen LogP contribution in [0, 0.1) is 6.92 Å². The van der Waals surface area contributed by atoms with Crippen LogP contribution in [0.4, 0.5) is 5.69 Å². The molecule has 2 aromatic carbocycles. The molecule has 1 amide bonds. The molecule has 8 heteroatoms. The summed E-state index contributed by atoms with van der Waals surface area (Å²) in [5, 5.41) is 1.97. The molecule has 0 atom stereocenters. The van der Waals surface area contributed by atoms with Crippen molar-refractivity contribution in [1.29, 1.82) is 0 Å². The Morgan fingerprint density at radius 1 is 1.11 bits per heavy atom. The standard InChI is InChI=1S/C20H19BrN2O3S2/c1-14-3-7-17(8-4-14)22-28(25,26)19-9-5-15(6-10-19)20(24)23(2)12-18-11-16(21)13-27-18/h3-11,13,22H,12H2,1-2H3. The van der Waals surface area contributed by atoms with E-state index < -0.39 is 10.0 Å². The van der Waals surface area contributed by atoms with E-state index in [1.165, 1.54) is 24.3 Å². The topological polar surface area (TPSA) is 66.5 Å². The van der Waals surface area contributed by atoms with Gasteiger partial charge in [-0.25, -0.2) is 8.42 Å². The number of carbonyl (C=O) groups excluding carboxylic acids is 1. The van der Waals surface area contributed by atoms with E-state index in [0.717, 1.165) is 14.9 Å². The van der Waals surface area contributed by atoms with E-state index in [0.29, 0.717) is 17.8 Å². The zero-order valence-electron chi connectivity index (χ0n) is 15.3. The number of nitrogens with zero attached hydrogens (tertiary/aromatic N) is 1. The maximum Gasteiger partial charge on any atom is 0.261 e. The fourth-order valence-corrected chi connectivity index (χ4v) is 5.14. The van der Waals surface area contributed by atoms with Gasteiger partial charge < -0.3 is 4.90 Å². The summed E-state index contributed by atoms with van der Waals surface area (Å²) in [7, 11) is -1.99. The van der Waals surface area contributed by atoms with Crippen LogP contribution in [-0.2, 0) is 16.6 Å². The molecule has 0 aliphatic heterocycles. The molecular weight excluding hydrogens is 460 g/mol. The molecule has 0 bridgehead atoms. The number of anilines is 1. The van der Waals surface area contributed by atoms with E-state index in [-0.39, 0.29) is 10.8 Å². The second-order valence-electron chi connectivity index (χ2n) is 6.39. The van der Waals surface area contributed by atoms with Crippen LogP contribution in [0.25, 0.3) is 0 Å². The Balaban J connectivity index is 1.71. The lowest BCUT2D eigenvalue weighted by atomic mass is 10.2. The molecule has 1 aromatic heterocycles. The zero-order chi connectivity index (χ0) is 20.3. The van der Waals surface area contributed by atoms with Crippen LogP contribution in [-0.4, -0.2) is 26.3 Å². The highest BCUT2D eigenvalue weighted by atomic mass is 79.9. The number of carbonyl (C=O) groups is 1. The quantitative estimate of drug-likeness (QED) is 0.548. The number of thiophene rings is 1. The molecule has 0 spiro atoms. The molecule has 0 fully saturated rings. The van der Waals surface area contributed by atoms with Crippen LogP contribution in [0.2, 0.25) is 0 Å². The number of amides is 1. The zero-order valence-corrected chi connectivity index (χ0v) is 18.6. The molecule has 0 saturated carbocycles. The molecule has 0 radical (unpaired) electrons. The maximum atomic E-state index is 12.6. The van der Waals surface area contributed by atoms with Gasteiger partial charge in [-0.15, -0.1) is 11.3 Å². The van der Waals surface area contributed by atoms with Crippen molar-refractivity contribution in [2.75, 3.05) is 11.8 Å². The Morgan fingerprint density at radius 3 is 2.32 bits per heavy atom. The molecule has 0 aliphatic carbocycles. The predicted octanol–water partition coefficient (Wildman–Crippen LogP) is 4.89. The van der Waals surface area contributed by atoms with Crippen molar-refractivity contribution in [3.8, 4) is 0 Å². The second-order valence-corrected chi connectivity index (χ2v) is 9.98. The lowest BCUT2D eigenvalue weighted by Gasteiger charge is -2.16. The van der Waals surface area contributed by atoms with Gasteiger partial charge in [-0.2, -0.15) is 0 Å². The minimum Gasteiger partial charge on any atom is -0.337 e. The van der Waals surface area contributed by atoms with Crippen LogP contribution < -0.4 is 4.72 Å². The smallest absolute Gasteiger partial charge is 0.261 e. The normalized spacial score (nSPS) is 11.2. The molecular formula is C20H19BrN2O3S2. The van der Waals surface area contributed by atoms with E-state index in [1.807, 2.05) is 30.5 Å². The number of halogens is 1. The van der Waals surface area contributed by atoms with Crippen molar-refractivity contribution in [3.05, 3.63) is 80.5 Å². The Kier molecular flexibility index (Phi) is 6.22. The third-order valence-corrected chi connectivity index (χ3v) is 7.16. The average Bonchev–Trinajstić information content (AvgIpc) is 3.07. The predicted molar refractivity (Wildman–Crippen MR) is 116 cm³/mol. The van der Waals surface area contributed by atoms with Crippen molar-refractivity contribution in [2.24, 2.45) is 0 Å². The summed E-state index contributed by atoms with van der Waals surface area (Å²) < 4.78 is 28.6. The van der Waals surface area contributed by atoms with Crippen molar-refractivity contribution >= 4 is 48.9 Å². The van der Waals surface area contributed by atoms with Crippen LogP contribution in [0.1, 0.15) is 20.8 Å². The molecule has 3 rings (SSSR count). The molecule has 28 heavy (non-hydrogen) atoms. The second kappa shape index (κ2) is 8.46. The number of aryl methyl sites for hydroxylation is 1. The molecule has 1 N–H and O–H groups in total. The summed E-state index contributed by atoms with van der Waals surface area (Å²) in [5.41, 5.74) is 1.98. The Morgan fingerprint density at radius 2 is 1.75 bits per heavy atom. The number of nitrogens with one attached hydrogen (secondary N) is 1. The summed E-state index contributed by atoms with van der Waals surface area (Å²) in [5.74, 6) is -0.167. The van der Waals surface area contributed by atoms with Crippen LogP contribution in [0.5, 0.6) is 0 Å². The first kappa shape index (κ1) is 20.6. The summed E-state index contributed by atoms with van der Waals surface area (Å²) in [6.07, 6.45) is 0. The molecule has 0 unspecified atom stereocenters. The van der Waals surface area contributed by atoms with Gasteiger partial charge >= 0.3 is 0 Å². The first-order valence-electron chi connectivity index (χ1n) is 8.42. The minimum absolute atomic E-state index is 0.106. The van der Waals surface area contributed by atoms with E-state index in [4.69, 9.17) is 0 Å². The van der Waals surface area contributed by atoms with Gasteiger partial charge in [0.2, 0.25) is 0 Å². The Labute approximate surface area is 177 Å². The molecule has 146 valence electrons. The monoisotopic (exact) mass is 478 g/mol. The maximum absolute atomic E-state index is 12.6. The largest absolute Gasteiger partial charge is 0.337 e. The summed E-state index contributed by atoms with van der Waals surface area (Å²) >= 11 is 4.97. The lowest BCUT2D eigenvalue weighted by Crippen LogP contribution is -2.25. The highest BCUT2D eigenvalue weighted by Gasteiger charge is 2.17. The van der Waals surface area contributed by atoms with Crippen LogP contribution in [0.15, 0.2) is 69.3 Å². The van der Waals surface area contributed by atoms with E-state index in [1.54, 1.807) is 35.4 Å². The molecule has 1 heterocycles. The average molecular weight is 479 g/mol. The number of sulfonamides is 1. The summed E-state index contributed by atoms with van der Waals surface area (Å²) in [6, 6.07) is 15.0. The fraction of sp³-hybridized carbons (Fsp3) is 0.150. The van der Waals surface area contributed by atoms with E-state index in [9.17, 15) is 13.2 Å². The highest BCUT2D eigenvalue weighted by Crippen LogP contribution is 2.22. The first-order chi connectivity index (χ1) is 13.2. The van der Waals surface area contributed by atoms with Gasteiger partial charge in [0.15, 0.2) is 0 Å². The molecule has 3 aromatic rings. The SMILES string of the molecule is Cc1ccc(NS(=O)(=O)c2ccc(C(=O)N(C)Cc3cc(Br)cs3)cc2)cc1. The van der Waals surface area contributed by atoms with Crippen molar-refractivity contribution in [3.63, 3.8) is 0 Å². The van der Waals surface area contributed by atoms with Crippen molar-refractivity contribution < 1.29 is 13.2 Å². The van der Waals surface area contributed by atoms with Crippen LogP contribution >= 0.6 is 27.3 Å². The van der Waals surface area contributed by atoms with Gasteiger partial charge in [0.05, 0.1) is 11.4 Å². The van der Waals surface area contributed by atoms with E-state index in [2.05, 4.69) is 20.7 Å². The minimum atomic E-state index is -3.71. The summed E-state index contributed by atoms with van der Waals surface area (Å²) in [4.78, 5) is 15.4. The van der Waals surface area contributed by atoms with Gasteiger partial charge in [-0.05, 0) is 65.3 Å². The van der Waals surface area contributed by atoms with Gasteiger partial charge in [0.1, 0.15) is 0 Å². The van der Waals surface area contributed by atoms with E-state index >= 15 is 0 Å². The third-order valence-electron chi connectivity index (χ3n) is 4.08. The van der Waals surface area contributed by atoms with Crippen molar-refractivity contribution in [2.45, 2.75) is 18.4 Å². The molecule has 5 nitrogen and oxygen atoms in total. The van der Waals surface area contributed by atoms with Gasteiger partial charge in [0.25, 0.3) is 15.9 Å². The number of hydrogen-bond donors (Lipinski definition) is 1. The van der Waals surface area contributed by atoms with Gasteiger partial charge in [0, 0.05) is 33.0 Å². The third kappa shape index (κ3) is 5.01. The number of benzene rings is 2. The molecule has 0 saturated heterocycles. The first-order valence-corrected chi connectivity index (χ1v) is 11.6. The Hall–Kier alpha value is -2.16. The van der Waals surface area contributed by atoms with Gasteiger partial charge in [-0.1, -0.05) is 17.7 Å².